The Hall–Kier alpha value is -4.62. The van der Waals surface area contributed by atoms with Gasteiger partial charge >= 0.3 is 12.2 Å². The number of amides is 4. The molecule has 1 aliphatic heterocycles. The number of rotatable bonds is 8. The number of nitrogens with one attached hydrogen (secondary N) is 2. The van der Waals surface area contributed by atoms with Gasteiger partial charge in [-0.25, -0.2) is 4.79 Å². The number of anilines is 2. The van der Waals surface area contributed by atoms with Crippen molar-refractivity contribution in [2.75, 3.05) is 44.0 Å². The van der Waals surface area contributed by atoms with E-state index in [1.54, 1.807) is 31.0 Å². The van der Waals surface area contributed by atoms with E-state index in [4.69, 9.17) is 9.47 Å². The van der Waals surface area contributed by atoms with Gasteiger partial charge in [0.05, 0.1) is 42.4 Å². The van der Waals surface area contributed by atoms with Crippen molar-refractivity contribution in [3.8, 4) is 5.75 Å². The van der Waals surface area contributed by atoms with E-state index in [2.05, 4.69) is 10.6 Å². The van der Waals surface area contributed by atoms with Gasteiger partial charge in [0.25, 0.3) is 5.91 Å². The van der Waals surface area contributed by atoms with Gasteiger partial charge in [-0.1, -0.05) is 37.3 Å². The van der Waals surface area contributed by atoms with Crippen molar-refractivity contribution in [3.05, 3.63) is 89.5 Å². The number of hydrogen-bond acceptors (Lipinski definition) is 6. The lowest BCUT2D eigenvalue weighted by atomic mass is 10.0. The molecule has 1 aliphatic rings. The first-order chi connectivity index (χ1) is 24.2. The Morgan fingerprint density at radius 2 is 1.67 bits per heavy atom. The number of nitrogens with zero attached hydrogens (tertiary/aromatic N) is 2. The van der Waals surface area contributed by atoms with Crippen LogP contribution in [0.3, 0.4) is 0 Å². The molecule has 3 aromatic rings. The molecule has 0 spiro atoms. The van der Waals surface area contributed by atoms with Crippen LogP contribution in [0, 0.1) is 5.92 Å². The van der Waals surface area contributed by atoms with Gasteiger partial charge < -0.3 is 35.0 Å². The molecule has 51 heavy (non-hydrogen) atoms. The lowest BCUT2D eigenvalue weighted by molar-refractivity contribution is -0.137. The van der Waals surface area contributed by atoms with Gasteiger partial charge in [-0.05, 0) is 81.1 Å². The average molecular weight is 713 g/mol. The summed E-state index contributed by atoms with van der Waals surface area (Å²) in [6.45, 7) is 6.21. The van der Waals surface area contributed by atoms with E-state index >= 15 is 0 Å². The van der Waals surface area contributed by atoms with Crippen LogP contribution in [0.15, 0.2) is 72.8 Å². The Kier molecular flexibility index (Phi) is 13.9. The fourth-order valence-corrected chi connectivity index (χ4v) is 5.78. The van der Waals surface area contributed by atoms with Crippen molar-refractivity contribution in [2.45, 2.75) is 70.9 Å². The quantitative estimate of drug-likeness (QED) is 0.235. The van der Waals surface area contributed by atoms with Crippen LogP contribution in [0.4, 0.5) is 29.3 Å². The summed E-state index contributed by atoms with van der Waals surface area (Å²) in [6, 6.07) is 16.8. The maximum Gasteiger partial charge on any atom is 0.416 e. The number of alkyl halides is 3. The molecule has 0 fully saturated rings. The van der Waals surface area contributed by atoms with Crippen LogP contribution < -0.4 is 15.4 Å². The number of carbonyl (C=O) groups excluding carboxylic acids is 3. The van der Waals surface area contributed by atoms with E-state index < -0.39 is 35.8 Å². The molecule has 0 aromatic heterocycles. The molecule has 0 saturated heterocycles. The summed E-state index contributed by atoms with van der Waals surface area (Å²) in [5.41, 5.74) is 0.612. The van der Waals surface area contributed by atoms with E-state index in [9.17, 15) is 32.7 Å². The second-order valence-corrected chi connectivity index (χ2v) is 13.1. The van der Waals surface area contributed by atoms with E-state index in [-0.39, 0.29) is 54.4 Å². The van der Waals surface area contributed by atoms with E-state index in [0.717, 1.165) is 42.7 Å². The number of fused-ring (bicyclic) bond motifs is 1. The first-order valence-corrected chi connectivity index (χ1v) is 17.1. The van der Waals surface area contributed by atoms with Gasteiger partial charge in [0, 0.05) is 44.0 Å². The minimum Gasteiger partial charge on any atom is -0.490 e. The SMILES string of the molecule is C[C@@H]1CCCCO[C@@H](CN(C)C(=O)Cc2ccccc2)[C@H](C)CN([C@@H](C)CO)C(=O)c2cc(NC(=O)Nc3ccc(C(F)(F)F)cc3)ccc2O1. The van der Waals surface area contributed by atoms with Crippen molar-refractivity contribution in [2.24, 2.45) is 5.92 Å². The summed E-state index contributed by atoms with van der Waals surface area (Å²) in [5.74, 6) is -0.450. The number of urea groups is 1. The van der Waals surface area contributed by atoms with Crippen molar-refractivity contribution >= 4 is 29.2 Å². The van der Waals surface area contributed by atoms with Crippen LogP contribution in [0.1, 0.15) is 61.5 Å². The second-order valence-electron chi connectivity index (χ2n) is 13.1. The molecule has 4 amide bonds. The molecule has 1 heterocycles. The zero-order valence-corrected chi connectivity index (χ0v) is 29.4. The summed E-state index contributed by atoms with van der Waals surface area (Å²) in [5, 5.41) is 15.4. The van der Waals surface area contributed by atoms with Crippen molar-refractivity contribution in [3.63, 3.8) is 0 Å². The molecule has 0 saturated carbocycles. The number of carbonyl (C=O) groups is 3. The maximum atomic E-state index is 14.4. The smallest absolute Gasteiger partial charge is 0.416 e. The number of aliphatic hydroxyl groups excluding tert-OH is 1. The number of ether oxygens (including phenoxy) is 2. The van der Waals surface area contributed by atoms with Crippen LogP contribution >= 0.6 is 0 Å². The van der Waals surface area contributed by atoms with Gasteiger partial charge in [0.2, 0.25) is 5.91 Å². The Morgan fingerprint density at radius 1 is 1.00 bits per heavy atom. The van der Waals surface area contributed by atoms with Gasteiger partial charge in [-0.2, -0.15) is 13.2 Å². The third-order valence-corrected chi connectivity index (χ3v) is 8.86. The van der Waals surface area contributed by atoms with Gasteiger partial charge in [0.15, 0.2) is 0 Å². The number of hydrogen-bond donors (Lipinski definition) is 3. The molecule has 0 bridgehead atoms. The highest BCUT2D eigenvalue weighted by atomic mass is 19.4. The zero-order chi connectivity index (χ0) is 37.1. The molecule has 13 heteroatoms. The Bertz CT molecular complexity index is 1610. The number of benzene rings is 3. The minimum atomic E-state index is -4.51. The number of likely N-dealkylation sites (N-methyl/N-ethyl adjacent to an activating group) is 1. The molecular formula is C38H47F3N4O6. The highest BCUT2D eigenvalue weighted by Crippen LogP contribution is 2.31. The summed E-state index contributed by atoms with van der Waals surface area (Å²) < 4.78 is 51.5. The van der Waals surface area contributed by atoms with Gasteiger partial charge in [-0.15, -0.1) is 0 Å². The molecule has 4 rings (SSSR count). The van der Waals surface area contributed by atoms with Crippen LogP contribution in [0.2, 0.25) is 0 Å². The summed E-state index contributed by atoms with van der Waals surface area (Å²) in [6.07, 6.45) is -2.69. The lowest BCUT2D eigenvalue weighted by Gasteiger charge is -2.36. The minimum absolute atomic E-state index is 0.0599. The topological polar surface area (TPSA) is 120 Å². The monoisotopic (exact) mass is 712 g/mol. The third kappa shape index (κ3) is 11.4. The Morgan fingerprint density at radius 3 is 2.33 bits per heavy atom. The molecule has 0 aliphatic carbocycles. The fraction of sp³-hybridized carbons (Fsp3) is 0.447. The predicted molar refractivity (Wildman–Crippen MR) is 189 cm³/mol. The molecule has 3 N–H and O–H groups in total. The highest BCUT2D eigenvalue weighted by Gasteiger charge is 2.32. The Balaban J connectivity index is 1.56. The summed E-state index contributed by atoms with van der Waals surface area (Å²) in [7, 11) is 1.74. The molecule has 3 aromatic carbocycles. The lowest BCUT2D eigenvalue weighted by Crippen LogP contribution is -2.48. The van der Waals surface area contributed by atoms with Crippen LogP contribution in [0.5, 0.6) is 5.75 Å². The van der Waals surface area contributed by atoms with Crippen molar-refractivity contribution in [1.29, 1.82) is 0 Å². The molecule has 4 atom stereocenters. The normalized spacial score (nSPS) is 19.6. The second kappa shape index (κ2) is 18.0. The molecule has 0 radical (unpaired) electrons. The first kappa shape index (κ1) is 39.2. The summed E-state index contributed by atoms with van der Waals surface area (Å²) >= 11 is 0. The van der Waals surface area contributed by atoms with Crippen molar-refractivity contribution in [1.82, 2.24) is 9.80 Å². The Labute approximate surface area is 296 Å². The molecular weight excluding hydrogens is 665 g/mol. The van der Waals surface area contributed by atoms with E-state index in [1.165, 1.54) is 11.0 Å². The highest BCUT2D eigenvalue weighted by molar-refractivity contribution is 6.02. The molecule has 10 nitrogen and oxygen atoms in total. The number of halogens is 3. The third-order valence-electron chi connectivity index (χ3n) is 8.86. The fourth-order valence-electron chi connectivity index (χ4n) is 5.78. The number of aliphatic hydroxyl groups is 1. The van der Waals surface area contributed by atoms with Crippen LogP contribution in [0.25, 0.3) is 0 Å². The van der Waals surface area contributed by atoms with Gasteiger partial charge in [0.1, 0.15) is 5.75 Å². The average Bonchev–Trinajstić information content (AvgIpc) is 3.09. The standard InChI is InChI=1S/C38H47F3N4O6/c1-25-22-45(26(2)24-46)36(48)32-21-31(43-37(49)42-30-15-13-29(14-16-30)38(39,40)41)17-18-33(32)51-27(3)10-8-9-19-50-34(25)23-44(4)35(47)20-28-11-6-5-7-12-28/h5-7,11-18,21,25-27,34,46H,8-10,19-20,22-24H2,1-4H3,(H2,42,43,49)/t25-,26+,27-,34+/m1/s1. The van der Waals surface area contributed by atoms with Crippen molar-refractivity contribution < 1.29 is 42.1 Å². The van der Waals surface area contributed by atoms with E-state index in [1.807, 2.05) is 44.2 Å². The zero-order valence-electron chi connectivity index (χ0n) is 29.4. The molecule has 276 valence electrons. The summed E-state index contributed by atoms with van der Waals surface area (Å²) in [4.78, 5) is 43.5. The molecule has 0 unspecified atom stereocenters. The van der Waals surface area contributed by atoms with E-state index in [0.29, 0.717) is 25.3 Å². The first-order valence-electron chi connectivity index (χ1n) is 17.1. The van der Waals surface area contributed by atoms with Crippen LogP contribution in [-0.2, 0) is 22.1 Å². The maximum absolute atomic E-state index is 14.4. The largest absolute Gasteiger partial charge is 0.490 e. The predicted octanol–water partition coefficient (Wildman–Crippen LogP) is 6.85. The van der Waals surface area contributed by atoms with Crippen LogP contribution in [-0.4, -0.2) is 84.4 Å². The van der Waals surface area contributed by atoms with Gasteiger partial charge in [-0.3, -0.25) is 9.59 Å².